The van der Waals surface area contributed by atoms with Crippen molar-refractivity contribution in [1.82, 2.24) is 0 Å². The van der Waals surface area contributed by atoms with Crippen LogP contribution in [0.1, 0.15) is 0 Å². The number of benzene rings is 1. The lowest BCUT2D eigenvalue weighted by atomic mass is 10.3. The molecule has 0 unspecified atom stereocenters. The number of hydrogen-bond donors (Lipinski definition) is 3. The van der Waals surface area contributed by atoms with E-state index in [9.17, 15) is 18.0 Å². The van der Waals surface area contributed by atoms with Gasteiger partial charge in [0.15, 0.2) is 0 Å². The summed E-state index contributed by atoms with van der Waals surface area (Å²) >= 11 is 0. The number of hydrogen-bond acceptors (Lipinski definition) is 4. The molecule has 0 saturated heterocycles. The van der Waals surface area contributed by atoms with Crippen LogP contribution >= 0.6 is 0 Å². The molecule has 96 valence electrons. The van der Waals surface area contributed by atoms with Crippen LogP contribution in [0.2, 0.25) is 0 Å². The highest BCUT2D eigenvalue weighted by Crippen LogP contribution is 2.18. The summed E-state index contributed by atoms with van der Waals surface area (Å²) in [5.41, 5.74) is 4.84. The Morgan fingerprint density at radius 1 is 1.17 bits per heavy atom. The van der Waals surface area contributed by atoms with Gasteiger partial charge >= 0.3 is 0 Å². The molecule has 0 aliphatic rings. The molecule has 18 heavy (non-hydrogen) atoms. The Balaban J connectivity index is 2.99. The number of sulfonamides is 1. The molecule has 8 heteroatoms. The van der Waals surface area contributed by atoms with Gasteiger partial charge in [0.1, 0.15) is 4.90 Å². The third-order valence-electron chi connectivity index (χ3n) is 1.85. The lowest BCUT2D eigenvalue weighted by Crippen LogP contribution is -2.17. The molecule has 2 amide bonds. The molecule has 1 aromatic carbocycles. The van der Waals surface area contributed by atoms with Crippen molar-refractivity contribution < 1.29 is 18.0 Å². The standard InChI is InChI=1S/C10H11N3O4S/c11-9(14)5-6-10(15)13-7-3-1-2-4-8(7)18(12,16)17/h1-6H,(H2,11,14)(H,13,15)(H2,12,16,17)/b6-5+. The van der Waals surface area contributed by atoms with Crippen molar-refractivity contribution in [1.29, 1.82) is 0 Å². The van der Waals surface area contributed by atoms with Gasteiger partial charge in [-0.15, -0.1) is 0 Å². The van der Waals surface area contributed by atoms with Crippen molar-refractivity contribution >= 4 is 27.5 Å². The van der Waals surface area contributed by atoms with Gasteiger partial charge < -0.3 is 11.1 Å². The molecular weight excluding hydrogens is 258 g/mol. The Bertz CT molecular complexity index is 607. The van der Waals surface area contributed by atoms with Crippen LogP contribution in [0.5, 0.6) is 0 Å². The lowest BCUT2D eigenvalue weighted by Gasteiger charge is -2.07. The third kappa shape index (κ3) is 4.00. The van der Waals surface area contributed by atoms with Gasteiger partial charge in [-0.2, -0.15) is 0 Å². The molecule has 7 nitrogen and oxygen atoms in total. The molecule has 0 saturated carbocycles. The fourth-order valence-corrected chi connectivity index (χ4v) is 1.84. The van der Waals surface area contributed by atoms with E-state index in [0.29, 0.717) is 0 Å². The van der Waals surface area contributed by atoms with Gasteiger partial charge in [0, 0.05) is 12.2 Å². The molecule has 0 heterocycles. The van der Waals surface area contributed by atoms with E-state index in [1.165, 1.54) is 24.3 Å². The number of rotatable bonds is 4. The Morgan fingerprint density at radius 2 is 1.78 bits per heavy atom. The SMILES string of the molecule is NC(=O)/C=C/C(=O)Nc1ccccc1S(N)(=O)=O. The fraction of sp³-hybridized carbons (Fsp3) is 0. The van der Waals surface area contributed by atoms with E-state index in [4.69, 9.17) is 10.9 Å². The predicted octanol–water partition coefficient (Wildman–Crippen LogP) is -0.686. The van der Waals surface area contributed by atoms with Crippen molar-refractivity contribution in [2.45, 2.75) is 4.90 Å². The van der Waals surface area contributed by atoms with Crippen molar-refractivity contribution in [3.63, 3.8) is 0 Å². The summed E-state index contributed by atoms with van der Waals surface area (Å²) in [6.45, 7) is 0. The Kier molecular flexibility index (Phi) is 4.18. The van der Waals surface area contributed by atoms with E-state index in [-0.39, 0.29) is 10.6 Å². The quantitative estimate of drug-likeness (QED) is 0.624. The topological polar surface area (TPSA) is 132 Å². The summed E-state index contributed by atoms with van der Waals surface area (Å²) in [5.74, 6) is -1.48. The number of anilines is 1. The Labute approximate surface area is 104 Å². The zero-order chi connectivity index (χ0) is 13.8. The fourth-order valence-electron chi connectivity index (χ4n) is 1.15. The highest BCUT2D eigenvalue weighted by Gasteiger charge is 2.13. The molecule has 0 bridgehead atoms. The number of primary sulfonamides is 1. The smallest absolute Gasteiger partial charge is 0.248 e. The third-order valence-corrected chi connectivity index (χ3v) is 2.82. The predicted molar refractivity (Wildman–Crippen MR) is 64.8 cm³/mol. The highest BCUT2D eigenvalue weighted by atomic mass is 32.2. The maximum atomic E-state index is 11.4. The number of carbonyl (C=O) groups is 2. The van der Waals surface area contributed by atoms with Crippen LogP contribution in [0.3, 0.4) is 0 Å². The van der Waals surface area contributed by atoms with E-state index in [1.54, 1.807) is 0 Å². The maximum Gasteiger partial charge on any atom is 0.248 e. The van der Waals surface area contributed by atoms with E-state index in [0.717, 1.165) is 12.2 Å². The molecule has 0 spiro atoms. The molecule has 5 N–H and O–H groups in total. The van der Waals surface area contributed by atoms with E-state index >= 15 is 0 Å². The van der Waals surface area contributed by atoms with Crippen LogP contribution in [-0.2, 0) is 19.6 Å². The summed E-state index contributed by atoms with van der Waals surface area (Å²) in [5, 5.41) is 7.26. The van der Waals surface area contributed by atoms with Crippen molar-refractivity contribution in [3.05, 3.63) is 36.4 Å². The van der Waals surface area contributed by atoms with Gasteiger partial charge in [-0.05, 0) is 12.1 Å². The minimum absolute atomic E-state index is 0.0270. The number of amides is 2. The molecule has 0 atom stereocenters. The Hall–Kier alpha value is -2.19. The first-order valence-corrected chi connectivity index (χ1v) is 6.25. The summed E-state index contributed by atoms with van der Waals surface area (Å²) in [6.07, 6.45) is 1.75. The lowest BCUT2D eigenvalue weighted by molar-refractivity contribution is -0.115. The minimum Gasteiger partial charge on any atom is -0.366 e. The van der Waals surface area contributed by atoms with Crippen LogP contribution in [0.15, 0.2) is 41.3 Å². The summed E-state index contributed by atoms with van der Waals surface area (Å²) in [6, 6.07) is 5.62. The molecule has 1 rings (SSSR count). The van der Waals surface area contributed by atoms with Crippen molar-refractivity contribution in [2.24, 2.45) is 10.9 Å². The van der Waals surface area contributed by atoms with Gasteiger partial charge in [0.25, 0.3) is 0 Å². The molecule has 1 aromatic rings. The van der Waals surface area contributed by atoms with Crippen molar-refractivity contribution in [2.75, 3.05) is 5.32 Å². The second kappa shape index (κ2) is 5.43. The summed E-state index contributed by atoms with van der Waals surface area (Å²) < 4.78 is 22.5. The second-order valence-corrected chi connectivity index (χ2v) is 4.80. The first-order chi connectivity index (χ1) is 8.30. The molecule has 0 aliphatic carbocycles. The van der Waals surface area contributed by atoms with Gasteiger partial charge in [-0.25, -0.2) is 13.6 Å². The average molecular weight is 269 g/mol. The maximum absolute atomic E-state index is 11.4. The normalized spacial score (nSPS) is 11.4. The van der Waals surface area contributed by atoms with Gasteiger partial charge in [-0.1, -0.05) is 12.1 Å². The van der Waals surface area contributed by atoms with E-state index in [1.807, 2.05) is 0 Å². The molecule has 0 aliphatic heterocycles. The average Bonchev–Trinajstić information content (AvgIpc) is 2.25. The van der Waals surface area contributed by atoms with Gasteiger partial charge in [0.05, 0.1) is 5.69 Å². The number of nitrogens with two attached hydrogens (primary N) is 2. The number of carbonyl (C=O) groups excluding carboxylic acids is 2. The van der Waals surface area contributed by atoms with Crippen LogP contribution < -0.4 is 16.2 Å². The number of primary amides is 1. The van der Waals surface area contributed by atoms with Crippen LogP contribution in [0, 0.1) is 0 Å². The molecule has 0 fully saturated rings. The van der Waals surface area contributed by atoms with Crippen LogP contribution in [0.25, 0.3) is 0 Å². The largest absolute Gasteiger partial charge is 0.366 e. The second-order valence-electron chi connectivity index (χ2n) is 3.27. The first-order valence-electron chi connectivity index (χ1n) is 4.71. The zero-order valence-corrected chi connectivity index (χ0v) is 9.98. The van der Waals surface area contributed by atoms with E-state index < -0.39 is 21.8 Å². The number of nitrogens with one attached hydrogen (secondary N) is 1. The molecular formula is C10H11N3O4S. The minimum atomic E-state index is -3.94. The summed E-state index contributed by atoms with van der Waals surface area (Å²) in [7, 11) is -3.94. The molecule has 0 radical (unpaired) electrons. The van der Waals surface area contributed by atoms with Gasteiger partial charge in [-0.3, -0.25) is 9.59 Å². The van der Waals surface area contributed by atoms with Crippen molar-refractivity contribution in [3.8, 4) is 0 Å². The number of para-hydroxylation sites is 1. The zero-order valence-electron chi connectivity index (χ0n) is 9.16. The summed E-state index contributed by atoms with van der Waals surface area (Å²) in [4.78, 5) is 21.6. The van der Waals surface area contributed by atoms with E-state index in [2.05, 4.69) is 5.32 Å². The monoisotopic (exact) mass is 269 g/mol. The first kappa shape index (κ1) is 13.9. The van der Waals surface area contributed by atoms with Crippen LogP contribution in [0.4, 0.5) is 5.69 Å². The highest BCUT2D eigenvalue weighted by molar-refractivity contribution is 7.89. The van der Waals surface area contributed by atoms with Crippen LogP contribution in [-0.4, -0.2) is 20.2 Å². The Morgan fingerprint density at radius 3 is 2.33 bits per heavy atom. The molecule has 0 aromatic heterocycles. The van der Waals surface area contributed by atoms with Gasteiger partial charge in [0.2, 0.25) is 21.8 Å².